The quantitative estimate of drug-likeness (QED) is 0.195. The first-order valence-electron chi connectivity index (χ1n) is 9.88. The van der Waals surface area contributed by atoms with E-state index in [1.165, 1.54) is 0 Å². The summed E-state index contributed by atoms with van der Waals surface area (Å²) in [6.45, 7) is 9.79. The Hall–Kier alpha value is 0.0738. The second-order valence-electron chi connectivity index (χ2n) is 5.69. The Bertz CT molecular complexity index is 307. The van der Waals surface area contributed by atoms with Crippen molar-refractivity contribution in [1.82, 2.24) is 0 Å². The summed E-state index contributed by atoms with van der Waals surface area (Å²) in [6, 6.07) is 1.05. The van der Waals surface area contributed by atoms with Gasteiger partial charge in [0.25, 0.3) is 0 Å². The van der Waals surface area contributed by atoms with Gasteiger partial charge in [-0.2, -0.15) is 0 Å². The van der Waals surface area contributed by atoms with Crippen molar-refractivity contribution < 1.29 is 40.8 Å². The van der Waals surface area contributed by atoms with Crippen LogP contribution in [0.2, 0.25) is 12.1 Å². The zero-order valence-electron chi connectivity index (χ0n) is 18.5. The number of ether oxygens (including phenoxy) is 3. The monoisotopic (exact) mass is 444 g/mol. The van der Waals surface area contributed by atoms with Crippen LogP contribution in [0.15, 0.2) is 0 Å². The van der Waals surface area contributed by atoms with Crippen molar-refractivity contribution in [3.05, 3.63) is 0 Å². The van der Waals surface area contributed by atoms with Crippen molar-refractivity contribution in [3.63, 3.8) is 0 Å². The molecule has 0 fully saturated rings. The molecule has 0 N–H and O–H groups in total. The molecule has 0 radical (unpaired) electrons. The molecular formula is C17H40O9Si2. The molecule has 0 heterocycles. The van der Waals surface area contributed by atoms with E-state index in [0.29, 0.717) is 71.6 Å². The average molecular weight is 445 g/mol. The summed E-state index contributed by atoms with van der Waals surface area (Å²) in [4.78, 5) is 0. The molecule has 28 heavy (non-hydrogen) atoms. The van der Waals surface area contributed by atoms with E-state index in [4.69, 9.17) is 40.8 Å². The predicted octanol–water partition coefficient (Wildman–Crippen LogP) is 1.96. The highest BCUT2D eigenvalue weighted by Crippen LogP contribution is 2.26. The van der Waals surface area contributed by atoms with E-state index < -0.39 is 17.6 Å². The third-order valence-electron chi connectivity index (χ3n) is 3.66. The van der Waals surface area contributed by atoms with Crippen molar-refractivity contribution in [2.45, 2.75) is 32.9 Å². The van der Waals surface area contributed by atoms with Crippen LogP contribution >= 0.6 is 0 Å². The molecule has 0 aliphatic rings. The molecule has 0 unspecified atom stereocenters. The third-order valence-corrected chi connectivity index (χ3v) is 10.0. The van der Waals surface area contributed by atoms with Crippen LogP contribution in [0.25, 0.3) is 0 Å². The van der Waals surface area contributed by atoms with Gasteiger partial charge >= 0.3 is 17.6 Å². The van der Waals surface area contributed by atoms with E-state index in [2.05, 4.69) is 0 Å². The molecule has 0 bridgehead atoms. The predicted molar refractivity (Wildman–Crippen MR) is 109 cm³/mol. The minimum atomic E-state index is -3.05. The Labute approximate surface area is 172 Å². The zero-order chi connectivity index (χ0) is 21.1. The van der Waals surface area contributed by atoms with Crippen molar-refractivity contribution in [3.8, 4) is 0 Å². The van der Waals surface area contributed by atoms with Crippen LogP contribution < -0.4 is 0 Å². The van der Waals surface area contributed by atoms with Crippen LogP contribution in [0.1, 0.15) is 20.8 Å². The maximum absolute atomic E-state index is 6.11. The number of hydrogen-bond donors (Lipinski definition) is 0. The van der Waals surface area contributed by atoms with Gasteiger partial charge in [0.2, 0.25) is 0 Å². The molecule has 0 atom stereocenters. The summed E-state index contributed by atoms with van der Waals surface area (Å²) in [6.07, 6.45) is 0. The summed E-state index contributed by atoms with van der Waals surface area (Å²) in [5.41, 5.74) is 0. The Morgan fingerprint density at radius 3 is 0.964 bits per heavy atom. The molecule has 0 aromatic carbocycles. The molecule has 0 amide bonds. The number of rotatable bonds is 21. The van der Waals surface area contributed by atoms with Gasteiger partial charge in [0.05, 0.1) is 39.6 Å². The summed E-state index contributed by atoms with van der Waals surface area (Å²) >= 11 is 0. The van der Waals surface area contributed by atoms with E-state index in [0.717, 1.165) is 0 Å². The van der Waals surface area contributed by atoms with E-state index in [1.54, 1.807) is 21.3 Å². The second kappa shape index (κ2) is 17.9. The Kier molecular flexibility index (Phi) is 17.9. The molecule has 0 spiro atoms. The van der Waals surface area contributed by atoms with E-state index in [1.807, 2.05) is 20.8 Å². The average Bonchev–Trinajstić information content (AvgIpc) is 2.67. The fourth-order valence-electron chi connectivity index (χ4n) is 2.49. The summed E-state index contributed by atoms with van der Waals surface area (Å²) < 4.78 is 51.6. The summed E-state index contributed by atoms with van der Waals surface area (Å²) in [5, 5.41) is 0. The lowest BCUT2D eigenvalue weighted by Gasteiger charge is -2.33. The largest absolute Gasteiger partial charge is 0.501 e. The van der Waals surface area contributed by atoms with Gasteiger partial charge in [0, 0.05) is 53.2 Å². The summed E-state index contributed by atoms with van der Waals surface area (Å²) in [5.74, 6) is 0. The maximum Gasteiger partial charge on any atom is 0.501 e. The standard InChI is InChI=1S/C17H40O9Si2/c1-7-21-27(22-8-2,23-9-3)16-17-28(24-13-10-18-4,25-14-11-19-5)26-15-12-20-6/h7-17H2,1-6H3. The van der Waals surface area contributed by atoms with Crippen LogP contribution in [-0.2, 0) is 40.8 Å². The lowest BCUT2D eigenvalue weighted by Crippen LogP contribution is -2.52. The van der Waals surface area contributed by atoms with Gasteiger partial charge < -0.3 is 40.8 Å². The van der Waals surface area contributed by atoms with Crippen LogP contribution in [0.5, 0.6) is 0 Å². The second-order valence-corrected chi connectivity index (χ2v) is 11.2. The first-order chi connectivity index (χ1) is 13.6. The van der Waals surface area contributed by atoms with Crippen LogP contribution in [0.4, 0.5) is 0 Å². The first kappa shape index (κ1) is 28.1. The van der Waals surface area contributed by atoms with Gasteiger partial charge in [0.1, 0.15) is 0 Å². The highest BCUT2D eigenvalue weighted by Gasteiger charge is 2.48. The molecule has 170 valence electrons. The van der Waals surface area contributed by atoms with Crippen LogP contribution in [0, 0.1) is 0 Å². The van der Waals surface area contributed by atoms with Gasteiger partial charge in [-0.1, -0.05) is 0 Å². The van der Waals surface area contributed by atoms with Crippen LogP contribution in [0.3, 0.4) is 0 Å². The molecule has 0 aliphatic carbocycles. The fraction of sp³-hybridized carbons (Fsp3) is 1.00. The lowest BCUT2D eigenvalue weighted by molar-refractivity contribution is 0.0133. The minimum Gasteiger partial charge on any atom is -0.382 e. The molecule has 0 aromatic heterocycles. The van der Waals surface area contributed by atoms with Gasteiger partial charge in [-0.15, -0.1) is 0 Å². The zero-order valence-corrected chi connectivity index (χ0v) is 20.5. The van der Waals surface area contributed by atoms with Crippen LogP contribution in [-0.4, -0.2) is 98.4 Å². The fourth-order valence-corrected chi connectivity index (χ4v) is 8.81. The van der Waals surface area contributed by atoms with Gasteiger partial charge in [-0.25, -0.2) is 0 Å². The first-order valence-corrected chi connectivity index (χ1v) is 13.7. The number of hydrogen-bond acceptors (Lipinski definition) is 9. The van der Waals surface area contributed by atoms with Gasteiger partial charge in [-0.3, -0.25) is 0 Å². The van der Waals surface area contributed by atoms with Crippen molar-refractivity contribution in [1.29, 1.82) is 0 Å². The maximum atomic E-state index is 6.11. The Balaban J connectivity index is 5.35. The Morgan fingerprint density at radius 1 is 0.429 bits per heavy atom. The van der Waals surface area contributed by atoms with Crippen molar-refractivity contribution in [2.24, 2.45) is 0 Å². The molecule has 0 saturated carbocycles. The van der Waals surface area contributed by atoms with Gasteiger partial charge in [0.15, 0.2) is 0 Å². The van der Waals surface area contributed by atoms with Crippen molar-refractivity contribution in [2.75, 3.05) is 80.8 Å². The molecular weight excluding hydrogens is 404 g/mol. The number of methoxy groups -OCH3 is 3. The van der Waals surface area contributed by atoms with E-state index in [9.17, 15) is 0 Å². The van der Waals surface area contributed by atoms with Gasteiger partial charge in [-0.05, 0) is 20.8 Å². The third kappa shape index (κ3) is 11.9. The minimum absolute atomic E-state index is 0.370. The SMILES string of the molecule is CCO[Si](CC[Si](OCCOC)(OCCOC)OCCOC)(OCC)OCC. The molecule has 0 aliphatic heterocycles. The lowest BCUT2D eigenvalue weighted by atomic mass is 10.8. The van der Waals surface area contributed by atoms with E-state index in [-0.39, 0.29) is 0 Å². The molecule has 9 nitrogen and oxygen atoms in total. The molecule has 11 heteroatoms. The molecule has 0 saturated heterocycles. The topological polar surface area (TPSA) is 83.1 Å². The normalized spacial score (nSPS) is 12.6. The smallest absolute Gasteiger partial charge is 0.382 e. The molecule has 0 rings (SSSR count). The highest BCUT2D eigenvalue weighted by atomic mass is 28.4. The molecule has 0 aromatic rings. The van der Waals surface area contributed by atoms with Crippen molar-refractivity contribution >= 4 is 17.6 Å². The van der Waals surface area contributed by atoms with E-state index >= 15 is 0 Å². The summed E-state index contributed by atoms with van der Waals surface area (Å²) in [7, 11) is -1.02. The Morgan fingerprint density at radius 2 is 0.714 bits per heavy atom. The highest BCUT2D eigenvalue weighted by molar-refractivity contribution is 6.66.